The zero-order valence-corrected chi connectivity index (χ0v) is 9.34. The molecule has 1 aliphatic heterocycles. The van der Waals surface area contributed by atoms with Crippen LogP contribution in [0.15, 0.2) is 30.0 Å². The van der Waals surface area contributed by atoms with Crippen LogP contribution < -0.4 is 5.32 Å². The quantitative estimate of drug-likeness (QED) is 0.592. The molecule has 1 aromatic rings. The minimum Gasteiger partial charge on any atom is -0.328 e. The van der Waals surface area contributed by atoms with Gasteiger partial charge in [-0.2, -0.15) is 0 Å². The molecular weight excluding hydrogens is 227 g/mol. The van der Waals surface area contributed by atoms with Crippen LogP contribution in [0, 0.1) is 5.82 Å². The summed E-state index contributed by atoms with van der Waals surface area (Å²) >= 11 is 4.93. The lowest BCUT2D eigenvalue weighted by atomic mass is 10.2. The third kappa shape index (κ3) is 1.94. The number of nitrogens with one attached hydrogen (secondary N) is 1. The summed E-state index contributed by atoms with van der Waals surface area (Å²) in [7, 11) is 1.60. The fourth-order valence-electron chi connectivity index (χ4n) is 1.35. The Labute approximate surface area is 97.6 Å². The van der Waals surface area contributed by atoms with Crippen molar-refractivity contribution in [3.8, 4) is 0 Å². The highest BCUT2D eigenvalue weighted by Crippen LogP contribution is 2.12. The smallest absolute Gasteiger partial charge is 0.276 e. The molecule has 1 fully saturated rings. The molecule has 1 aromatic carbocycles. The molecule has 1 aliphatic rings. The first-order chi connectivity index (χ1) is 7.58. The number of likely N-dealkylation sites (N-methyl/N-ethyl adjacent to an activating group) is 1. The van der Waals surface area contributed by atoms with Gasteiger partial charge in [-0.3, -0.25) is 9.69 Å². The van der Waals surface area contributed by atoms with Crippen molar-refractivity contribution in [1.82, 2.24) is 10.2 Å². The van der Waals surface area contributed by atoms with E-state index in [1.54, 1.807) is 25.3 Å². The van der Waals surface area contributed by atoms with Crippen molar-refractivity contribution in [2.75, 3.05) is 7.05 Å². The van der Waals surface area contributed by atoms with Crippen molar-refractivity contribution in [3.05, 3.63) is 41.3 Å². The SMILES string of the molecule is CN1C(=O)C(=Cc2ccc(F)cc2)NC1=S. The molecule has 0 atom stereocenters. The number of carbonyl (C=O) groups excluding carboxylic acids is 1. The van der Waals surface area contributed by atoms with E-state index in [-0.39, 0.29) is 11.7 Å². The standard InChI is InChI=1S/C11H9FN2OS/c1-14-10(15)9(13-11(14)16)6-7-2-4-8(12)5-3-7/h2-6H,1H3,(H,13,16). The average molecular weight is 236 g/mol. The number of benzene rings is 1. The lowest BCUT2D eigenvalue weighted by Crippen LogP contribution is -2.25. The summed E-state index contributed by atoms with van der Waals surface area (Å²) in [6, 6.07) is 5.87. The second-order valence-corrected chi connectivity index (χ2v) is 3.79. The van der Waals surface area contributed by atoms with E-state index in [0.717, 1.165) is 5.56 Å². The third-order valence-electron chi connectivity index (χ3n) is 2.26. The van der Waals surface area contributed by atoms with E-state index >= 15 is 0 Å². The first kappa shape index (κ1) is 10.8. The Balaban J connectivity index is 2.29. The van der Waals surface area contributed by atoms with Gasteiger partial charge in [0.05, 0.1) is 0 Å². The zero-order chi connectivity index (χ0) is 11.7. The average Bonchev–Trinajstić information content (AvgIpc) is 2.50. The van der Waals surface area contributed by atoms with E-state index in [2.05, 4.69) is 5.32 Å². The van der Waals surface area contributed by atoms with Gasteiger partial charge in [0.1, 0.15) is 11.5 Å². The summed E-state index contributed by atoms with van der Waals surface area (Å²) in [5.41, 5.74) is 1.15. The summed E-state index contributed by atoms with van der Waals surface area (Å²) in [4.78, 5) is 13.0. The van der Waals surface area contributed by atoms with Crippen LogP contribution in [-0.2, 0) is 4.79 Å². The highest BCUT2D eigenvalue weighted by Gasteiger charge is 2.26. The Morgan fingerprint density at radius 3 is 2.50 bits per heavy atom. The van der Waals surface area contributed by atoms with Gasteiger partial charge in [0.25, 0.3) is 5.91 Å². The molecule has 3 nitrogen and oxygen atoms in total. The Morgan fingerprint density at radius 1 is 1.38 bits per heavy atom. The summed E-state index contributed by atoms with van der Waals surface area (Å²) in [5.74, 6) is -0.491. The molecule has 82 valence electrons. The molecule has 0 unspecified atom stereocenters. The first-order valence-electron chi connectivity index (χ1n) is 4.64. The molecule has 0 aliphatic carbocycles. The van der Waals surface area contributed by atoms with Gasteiger partial charge in [0.15, 0.2) is 5.11 Å². The van der Waals surface area contributed by atoms with Gasteiger partial charge in [-0.15, -0.1) is 0 Å². The maximum Gasteiger partial charge on any atom is 0.276 e. The summed E-state index contributed by atoms with van der Waals surface area (Å²) in [6.07, 6.45) is 1.64. The van der Waals surface area contributed by atoms with Gasteiger partial charge in [0, 0.05) is 7.05 Å². The van der Waals surface area contributed by atoms with Crippen molar-refractivity contribution in [1.29, 1.82) is 0 Å². The molecule has 1 amide bonds. The predicted octanol–water partition coefficient (Wildman–Crippen LogP) is 1.51. The summed E-state index contributed by atoms with van der Waals surface area (Å²) in [5, 5.41) is 3.17. The molecule has 0 spiro atoms. The van der Waals surface area contributed by atoms with Crippen LogP contribution in [-0.4, -0.2) is 23.0 Å². The predicted molar refractivity (Wildman–Crippen MR) is 62.9 cm³/mol. The Morgan fingerprint density at radius 2 is 2.00 bits per heavy atom. The minimum absolute atomic E-state index is 0.186. The molecule has 2 rings (SSSR count). The summed E-state index contributed by atoms with van der Waals surface area (Å²) in [6.45, 7) is 0. The fourth-order valence-corrected chi connectivity index (χ4v) is 1.54. The lowest BCUT2D eigenvalue weighted by Gasteiger charge is -2.02. The zero-order valence-electron chi connectivity index (χ0n) is 8.53. The second kappa shape index (κ2) is 4.02. The monoisotopic (exact) mass is 236 g/mol. The van der Waals surface area contributed by atoms with Crippen LogP contribution in [0.25, 0.3) is 6.08 Å². The molecule has 5 heteroatoms. The third-order valence-corrected chi connectivity index (χ3v) is 2.64. The van der Waals surface area contributed by atoms with E-state index in [4.69, 9.17) is 12.2 Å². The molecule has 0 bridgehead atoms. The molecule has 1 heterocycles. The molecule has 0 aromatic heterocycles. The maximum atomic E-state index is 12.7. The van der Waals surface area contributed by atoms with Gasteiger partial charge in [-0.1, -0.05) is 12.1 Å². The molecule has 1 saturated heterocycles. The van der Waals surface area contributed by atoms with E-state index in [1.165, 1.54) is 17.0 Å². The van der Waals surface area contributed by atoms with E-state index in [1.807, 2.05) is 0 Å². The fraction of sp³-hybridized carbons (Fsp3) is 0.0909. The maximum absolute atomic E-state index is 12.7. The highest BCUT2D eigenvalue weighted by atomic mass is 32.1. The van der Waals surface area contributed by atoms with E-state index < -0.39 is 0 Å². The highest BCUT2D eigenvalue weighted by molar-refractivity contribution is 7.80. The van der Waals surface area contributed by atoms with Gasteiger partial charge in [0.2, 0.25) is 0 Å². The molecular formula is C11H9FN2OS. The molecule has 1 N–H and O–H groups in total. The molecule has 0 saturated carbocycles. The van der Waals surface area contributed by atoms with Crippen LogP contribution in [0.2, 0.25) is 0 Å². The molecule has 16 heavy (non-hydrogen) atoms. The number of halogens is 1. The number of carbonyl (C=O) groups is 1. The number of hydrogen-bond acceptors (Lipinski definition) is 2. The van der Waals surface area contributed by atoms with Crippen molar-refractivity contribution >= 4 is 29.3 Å². The Hall–Kier alpha value is -1.75. The van der Waals surface area contributed by atoms with E-state index in [9.17, 15) is 9.18 Å². The Bertz CT molecular complexity index is 481. The van der Waals surface area contributed by atoms with Gasteiger partial charge in [-0.05, 0) is 36.0 Å². The summed E-state index contributed by atoms with van der Waals surface area (Å²) < 4.78 is 12.7. The van der Waals surface area contributed by atoms with Gasteiger partial charge in [-0.25, -0.2) is 4.39 Å². The van der Waals surface area contributed by atoms with Crippen LogP contribution in [0.5, 0.6) is 0 Å². The van der Waals surface area contributed by atoms with Crippen LogP contribution in [0.1, 0.15) is 5.56 Å². The van der Waals surface area contributed by atoms with Crippen molar-refractivity contribution < 1.29 is 9.18 Å². The minimum atomic E-state index is -0.305. The number of amides is 1. The Kier molecular flexibility index (Phi) is 2.70. The van der Waals surface area contributed by atoms with Gasteiger partial charge >= 0.3 is 0 Å². The van der Waals surface area contributed by atoms with Crippen LogP contribution in [0.4, 0.5) is 4.39 Å². The second-order valence-electron chi connectivity index (χ2n) is 3.40. The van der Waals surface area contributed by atoms with Crippen molar-refractivity contribution in [2.45, 2.75) is 0 Å². The number of nitrogens with zero attached hydrogens (tertiary/aromatic N) is 1. The number of thiocarbonyl (C=S) groups is 1. The van der Waals surface area contributed by atoms with Crippen LogP contribution >= 0.6 is 12.2 Å². The normalized spacial score (nSPS) is 18.1. The lowest BCUT2D eigenvalue weighted by molar-refractivity contribution is -0.121. The molecule has 0 radical (unpaired) electrons. The van der Waals surface area contributed by atoms with Crippen molar-refractivity contribution in [2.24, 2.45) is 0 Å². The first-order valence-corrected chi connectivity index (χ1v) is 5.05. The van der Waals surface area contributed by atoms with Crippen molar-refractivity contribution in [3.63, 3.8) is 0 Å². The van der Waals surface area contributed by atoms with Gasteiger partial charge < -0.3 is 5.32 Å². The van der Waals surface area contributed by atoms with E-state index in [0.29, 0.717) is 10.8 Å². The topological polar surface area (TPSA) is 32.3 Å². The number of hydrogen-bond donors (Lipinski definition) is 1. The largest absolute Gasteiger partial charge is 0.328 e. The van der Waals surface area contributed by atoms with Crippen LogP contribution in [0.3, 0.4) is 0 Å². The number of rotatable bonds is 1.